The second kappa shape index (κ2) is 9.13. The molecule has 0 aromatic heterocycles. The van der Waals surface area contributed by atoms with E-state index < -0.39 is 5.66 Å². The lowest BCUT2D eigenvalue weighted by molar-refractivity contribution is -0.384. The number of non-ortho nitro benzene ring substituents is 1. The minimum absolute atomic E-state index is 0.0960. The lowest BCUT2D eigenvalue weighted by Gasteiger charge is -2.33. The number of nitro benzene ring substituents is 1. The fourth-order valence-corrected chi connectivity index (χ4v) is 3.81. The fraction of sp³-hybridized carbons (Fsp3) is 0.455. The van der Waals surface area contributed by atoms with Crippen molar-refractivity contribution in [2.75, 3.05) is 36.9 Å². The molecule has 3 rings (SSSR count). The summed E-state index contributed by atoms with van der Waals surface area (Å²) in [6, 6.07) is 13.1. The highest BCUT2D eigenvalue weighted by Gasteiger charge is 2.37. The highest BCUT2D eigenvalue weighted by molar-refractivity contribution is 5.78. The number of benzene rings is 2. The molecule has 1 unspecified atom stereocenters. The maximum absolute atomic E-state index is 11.2. The van der Waals surface area contributed by atoms with Crippen LogP contribution in [0.2, 0.25) is 0 Å². The second-order valence-electron chi connectivity index (χ2n) is 7.35. The van der Waals surface area contributed by atoms with E-state index in [9.17, 15) is 10.1 Å². The molecule has 1 atom stereocenters. The third-order valence-corrected chi connectivity index (χ3v) is 5.45. The van der Waals surface area contributed by atoms with Crippen LogP contribution in [0.15, 0.2) is 42.5 Å². The quantitative estimate of drug-likeness (QED) is 0.453. The number of nitrogens with zero attached hydrogens (tertiary/aromatic N) is 2. The van der Waals surface area contributed by atoms with E-state index in [0.29, 0.717) is 6.61 Å². The predicted octanol–water partition coefficient (Wildman–Crippen LogP) is 4.50. The third-order valence-electron chi connectivity index (χ3n) is 5.45. The summed E-state index contributed by atoms with van der Waals surface area (Å²) < 4.78 is 5.55. The van der Waals surface area contributed by atoms with Crippen molar-refractivity contribution in [3.05, 3.63) is 58.1 Å². The maximum Gasteiger partial charge on any atom is 0.271 e. The summed E-state index contributed by atoms with van der Waals surface area (Å²) in [5.41, 5.74) is 2.56. The second-order valence-corrected chi connectivity index (χ2v) is 7.35. The Morgan fingerprint density at radius 3 is 2.34 bits per heavy atom. The van der Waals surface area contributed by atoms with E-state index in [1.54, 1.807) is 18.2 Å². The Morgan fingerprint density at radius 2 is 1.72 bits per heavy atom. The Balaban J connectivity index is 1.83. The summed E-state index contributed by atoms with van der Waals surface area (Å²) in [6.45, 7) is 9.86. The van der Waals surface area contributed by atoms with E-state index in [-0.39, 0.29) is 10.6 Å². The molecule has 7 nitrogen and oxygen atoms in total. The zero-order chi connectivity index (χ0) is 20.9. The minimum Gasteiger partial charge on any atom is -0.494 e. The monoisotopic (exact) mass is 398 g/mol. The first-order valence-corrected chi connectivity index (χ1v) is 10.3. The Labute approximate surface area is 172 Å². The molecule has 1 heterocycles. The van der Waals surface area contributed by atoms with Crippen molar-refractivity contribution in [1.29, 1.82) is 0 Å². The first-order valence-electron chi connectivity index (χ1n) is 10.3. The van der Waals surface area contributed by atoms with Gasteiger partial charge in [-0.15, -0.1) is 0 Å². The van der Waals surface area contributed by atoms with Crippen molar-refractivity contribution < 1.29 is 9.66 Å². The Bertz CT molecular complexity index is 836. The number of anilines is 2. The lowest BCUT2D eigenvalue weighted by atomic mass is 9.96. The summed E-state index contributed by atoms with van der Waals surface area (Å²) >= 11 is 0. The van der Waals surface area contributed by atoms with E-state index in [1.807, 2.05) is 19.1 Å². The van der Waals surface area contributed by atoms with E-state index >= 15 is 0 Å². The van der Waals surface area contributed by atoms with Gasteiger partial charge in [0, 0.05) is 31.5 Å². The normalized spacial score (nSPS) is 17.5. The number of hydrogen-bond acceptors (Lipinski definition) is 6. The number of nitro groups is 1. The summed E-state index contributed by atoms with van der Waals surface area (Å²) in [5, 5.41) is 18.3. The van der Waals surface area contributed by atoms with E-state index in [0.717, 1.165) is 49.6 Å². The van der Waals surface area contributed by atoms with Gasteiger partial charge in [-0.2, -0.15) is 0 Å². The maximum atomic E-state index is 11.2. The molecule has 1 aliphatic heterocycles. The van der Waals surface area contributed by atoms with Crippen LogP contribution in [-0.2, 0) is 6.42 Å². The molecule has 0 aliphatic carbocycles. The van der Waals surface area contributed by atoms with Gasteiger partial charge in [0.1, 0.15) is 11.4 Å². The molecule has 2 aromatic rings. The van der Waals surface area contributed by atoms with Gasteiger partial charge in [-0.25, -0.2) is 0 Å². The van der Waals surface area contributed by atoms with Gasteiger partial charge in [0.25, 0.3) is 5.69 Å². The molecule has 0 fully saturated rings. The molecular weight excluding hydrogens is 368 g/mol. The summed E-state index contributed by atoms with van der Waals surface area (Å²) in [5.74, 6) is 0.861. The third kappa shape index (κ3) is 4.98. The molecule has 0 bridgehead atoms. The molecule has 1 aliphatic rings. The van der Waals surface area contributed by atoms with E-state index in [1.165, 1.54) is 5.56 Å². The highest BCUT2D eigenvalue weighted by Crippen LogP contribution is 2.39. The zero-order valence-corrected chi connectivity index (χ0v) is 17.4. The molecule has 0 saturated heterocycles. The van der Waals surface area contributed by atoms with Crippen LogP contribution < -0.4 is 15.4 Å². The van der Waals surface area contributed by atoms with Gasteiger partial charge in [0.2, 0.25) is 0 Å². The molecule has 2 N–H and O–H groups in total. The SMILES string of the molecule is CCOc1ccc(CC2(CCN(CC)CC)Nc3ccc([N+](=O)[O-])cc3N2)cc1. The summed E-state index contributed by atoms with van der Waals surface area (Å²) in [7, 11) is 0. The van der Waals surface area contributed by atoms with Gasteiger partial charge in [0.05, 0.1) is 22.9 Å². The van der Waals surface area contributed by atoms with Crippen molar-refractivity contribution in [2.24, 2.45) is 0 Å². The standard InChI is InChI=1S/C22H30N4O3/c1-4-25(5-2)14-13-22(16-17-7-10-19(11-8-17)29-6-3)23-20-12-9-18(26(27)28)15-21(20)24-22/h7-12,15,23-24H,4-6,13-14,16H2,1-3H3. The Hall–Kier alpha value is -2.80. The number of rotatable bonds is 10. The van der Waals surface area contributed by atoms with Crippen LogP contribution in [0.1, 0.15) is 32.8 Å². The first-order chi connectivity index (χ1) is 14.0. The molecule has 0 spiro atoms. The highest BCUT2D eigenvalue weighted by atomic mass is 16.6. The van der Waals surface area contributed by atoms with Gasteiger partial charge in [-0.05, 0) is 43.8 Å². The van der Waals surface area contributed by atoms with Crippen LogP contribution in [0, 0.1) is 10.1 Å². The first kappa shape index (κ1) is 20.9. The largest absolute Gasteiger partial charge is 0.494 e. The van der Waals surface area contributed by atoms with Crippen LogP contribution in [0.4, 0.5) is 17.1 Å². The number of fused-ring (bicyclic) bond motifs is 1. The number of ether oxygens (including phenoxy) is 1. The predicted molar refractivity (Wildman–Crippen MR) is 117 cm³/mol. The molecule has 0 saturated carbocycles. The lowest BCUT2D eigenvalue weighted by Crippen LogP contribution is -2.47. The smallest absolute Gasteiger partial charge is 0.271 e. The van der Waals surface area contributed by atoms with E-state index in [2.05, 4.69) is 41.5 Å². The number of nitrogens with one attached hydrogen (secondary N) is 2. The zero-order valence-electron chi connectivity index (χ0n) is 17.4. The van der Waals surface area contributed by atoms with Crippen molar-refractivity contribution in [3.8, 4) is 5.75 Å². The molecule has 29 heavy (non-hydrogen) atoms. The van der Waals surface area contributed by atoms with Crippen LogP contribution in [-0.4, -0.2) is 41.7 Å². The molecule has 0 amide bonds. The Kier molecular flexibility index (Phi) is 6.59. The van der Waals surface area contributed by atoms with Gasteiger partial charge < -0.3 is 20.3 Å². The molecule has 7 heteroatoms. The average Bonchev–Trinajstić information content (AvgIpc) is 3.07. The van der Waals surface area contributed by atoms with Gasteiger partial charge in [-0.1, -0.05) is 26.0 Å². The Morgan fingerprint density at radius 1 is 1.03 bits per heavy atom. The van der Waals surface area contributed by atoms with Crippen LogP contribution in [0.25, 0.3) is 0 Å². The van der Waals surface area contributed by atoms with Crippen molar-refractivity contribution in [3.63, 3.8) is 0 Å². The minimum atomic E-state index is -0.396. The van der Waals surface area contributed by atoms with E-state index in [4.69, 9.17) is 4.74 Å². The van der Waals surface area contributed by atoms with Gasteiger partial charge in [0.15, 0.2) is 0 Å². The molecular formula is C22H30N4O3. The van der Waals surface area contributed by atoms with Crippen LogP contribution >= 0.6 is 0 Å². The van der Waals surface area contributed by atoms with Crippen LogP contribution in [0.5, 0.6) is 5.75 Å². The molecule has 0 radical (unpaired) electrons. The van der Waals surface area contributed by atoms with Gasteiger partial charge >= 0.3 is 0 Å². The topological polar surface area (TPSA) is 79.7 Å². The molecule has 2 aromatic carbocycles. The van der Waals surface area contributed by atoms with Crippen molar-refractivity contribution in [1.82, 2.24) is 4.90 Å². The average molecular weight is 399 g/mol. The fourth-order valence-electron chi connectivity index (χ4n) is 3.81. The molecule has 156 valence electrons. The summed E-state index contributed by atoms with van der Waals surface area (Å²) in [6.07, 6.45) is 1.62. The number of hydrogen-bond donors (Lipinski definition) is 2. The van der Waals surface area contributed by atoms with Crippen molar-refractivity contribution in [2.45, 2.75) is 39.3 Å². The van der Waals surface area contributed by atoms with Gasteiger partial charge in [-0.3, -0.25) is 10.1 Å². The summed E-state index contributed by atoms with van der Waals surface area (Å²) in [4.78, 5) is 13.2. The van der Waals surface area contributed by atoms with Crippen molar-refractivity contribution >= 4 is 17.1 Å². The van der Waals surface area contributed by atoms with Crippen LogP contribution in [0.3, 0.4) is 0 Å².